The van der Waals surface area contributed by atoms with E-state index in [2.05, 4.69) is 5.32 Å². The number of amides is 4. The number of nitrogens with one attached hydrogen (secondary N) is 1. The Bertz CT molecular complexity index is 412. The predicted octanol–water partition coefficient (Wildman–Crippen LogP) is 1.20. The van der Waals surface area contributed by atoms with Crippen LogP contribution in [0.1, 0.15) is 33.1 Å². The van der Waals surface area contributed by atoms with E-state index in [1.807, 2.05) is 12.2 Å². The summed E-state index contributed by atoms with van der Waals surface area (Å²) in [4.78, 5) is 36.7. The molecule has 1 heterocycles. The molecular formula is C12H16N2O3. The van der Waals surface area contributed by atoms with Crippen LogP contribution in [0.2, 0.25) is 0 Å². The first-order chi connectivity index (χ1) is 7.94. The Morgan fingerprint density at radius 3 is 2.59 bits per heavy atom. The van der Waals surface area contributed by atoms with Gasteiger partial charge in [0.25, 0.3) is 0 Å². The lowest BCUT2D eigenvalue weighted by Crippen LogP contribution is -2.64. The summed E-state index contributed by atoms with van der Waals surface area (Å²) in [5.41, 5.74) is -1.16. The van der Waals surface area contributed by atoms with Crippen LogP contribution >= 0.6 is 0 Å². The zero-order valence-electron chi connectivity index (χ0n) is 10.0. The summed E-state index contributed by atoms with van der Waals surface area (Å²) in [6, 6.07) is -0.709. The van der Waals surface area contributed by atoms with Gasteiger partial charge in [0, 0.05) is 6.04 Å². The van der Waals surface area contributed by atoms with Gasteiger partial charge in [-0.05, 0) is 33.1 Å². The molecule has 5 heteroatoms. The van der Waals surface area contributed by atoms with Crippen molar-refractivity contribution < 1.29 is 14.4 Å². The van der Waals surface area contributed by atoms with Crippen molar-refractivity contribution >= 4 is 17.8 Å². The molecular weight excluding hydrogens is 220 g/mol. The molecule has 1 saturated heterocycles. The van der Waals surface area contributed by atoms with E-state index in [-0.39, 0.29) is 6.04 Å². The molecule has 5 nitrogen and oxygen atoms in total. The SMILES string of the molecule is CC1(C)C(=O)NC(=O)N(C2CC=CCC2)C1=O. The Labute approximate surface area is 99.8 Å². The molecule has 0 aromatic carbocycles. The van der Waals surface area contributed by atoms with Gasteiger partial charge in [-0.3, -0.25) is 19.8 Å². The van der Waals surface area contributed by atoms with Crippen LogP contribution in [0.3, 0.4) is 0 Å². The molecule has 1 atom stereocenters. The monoisotopic (exact) mass is 236 g/mol. The normalized spacial score (nSPS) is 28.2. The van der Waals surface area contributed by atoms with Gasteiger partial charge in [0.1, 0.15) is 5.41 Å². The number of urea groups is 1. The molecule has 1 unspecified atom stereocenters. The van der Waals surface area contributed by atoms with Crippen LogP contribution in [0.5, 0.6) is 0 Å². The summed E-state index contributed by atoms with van der Waals surface area (Å²) in [7, 11) is 0. The molecule has 0 bridgehead atoms. The van der Waals surface area contributed by atoms with Crippen LogP contribution in [0.15, 0.2) is 12.2 Å². The van der Waals surface area contributed by atoms with Crippen molar-refractivity contribution in [3.8, 4) is 0 Å². The Kier molecular flexibility index (Phi) is 2.77. The third kappa shape index (κ3) is 1.85. The molecule has 1 N–H and O–H groups in total. The summed E-state index contributed by atoms with van der Waals surface area (Å²) in [6.45, 7) is 3.09. The summed E-state index contributed by atoms with van der Waals surface area (Å²) in [6.07, 6.45) is 6.30. The molecule has 92 valence electrons. The first-order valence-corrected chi connectivity index (χ1v) is 5.78. The van der Waals surface area contributed by atoms with Gasteiger partial charge in [-0.15, -0.1) is 0 Å². The van der Waals surface area contributed by atoms with Crippen molar-refractivity contribution in [2.75, 3.05) is 0 Å². The van der Waals surface area contributed by atoms with Crippen molar-refractivity contribution in [3.63, 3.8) is 0 Å². The van der Waals surface area contributed by atoms with E-state index in [1.165, 1.54) is 4.90 Å². The van der Waals surface area contributed by atoms with Crippen LogP contribution < -0.4 is 5.32 Å². The van der Waals surface area contributed by atoms with Gasteiger partial charge in [0.05, 0.1) is 0 Å². The summed E-state index contributed by atoms with van der Waals surface area (Å²) in [5.74, 6) is -0.915. The van der Waals surface area contributed by atoms with E-state index in [0.29, 0.717) is 6.42 Å². The van der Waals surface area contributed by atoms with Crippen LogP contribution in [0, 0.1) is 5.41 Å². The lowest BCUT2D eigenvalue weighted by atomic mass is 9.87. The lowest BCUT2D eigenvalue weighted by molar-refractivity contribution is -0.150. The second-order valence-corrected chi connectivity index (χ2v) is 5.00. The standard InChI is InChI=1S/C12H16N2O3/c1-12(2)9(15)13-11(17)14(10(12)16)8-6-4-3-5-7-8/h3-4,8H,5-7H2,1-2H3,(H,13,15,17). The van der Waals surface area contributed by atoms with Crippen molar-refractivity contribution in [1.82, 2.24) is 10.2 Å². The van der Waals surface area contributed by atoms with Crippen molar-refractivity contribution in [2.45, 2.75) is 39.2 Å². The average Bonchev–Trinajstić information content (AvgIpc) is 2.28. The quantitative estimate of drug-likeness (QED) is 0.549. The van der Waals surface area contributed by atoms with E-state index < -0.39 is 23.3 Å². The van der Waals surface area contributed by atoms with Gasteiger partial charge in [0.2, 0.25) is 11.8 Å². The molecule has 2 rings (SSSR count). The van der Waals surface area contributed by atoms with Gasteiger partial charge in [-0.25, -0.2) is 4.79 Å². The lowest BCUT2D eigenvalue weighted by Gasteiger charge is -2.39. The molecule has 17 heavy (non-hydrogen) atoms. The van der Waals surface area contributed by atoms with E-state index in [1.54, 1.807) is 13.8 Å². The molecule has 1 aliphatic carbocycles. The smallest absolute Gasteiger partial charge is 0.277 e. The minimum atomic E-state index is -1.16. The highest BCUT2D eigenvalue weighted by molar-refractivity contribution is 6.18. The van der Waals surface area contributed by atoms with E-state index in [4.69, 9.17) is 0 Å². The highest BCUT2D eigenvalue weighted by atomic mass is 16.2. The first-order valence-electron chi connectivity index (χ1n) is 5.78. The third-order valence-electron chi connectivity index (χ3n) is 3.37. The highest BCUT2D eigenvalue weighted by Gasteiger charge is 2.48. The molecule has 0 aromatic rings. The summed E-state index contributed by atoms with van der Waals surface area (Å²) >= 11 is 0. The molecule has 0 spiro atoms. The molecule has 0 saturated carbocycles. The second kappa shape index (κ2) is 3.98. The number of barbiturate groups is 1. The third-order valence-corrected chi connectivity index (χ3v) is 3.37. The number of hydrogen-bond acceptors (Lipinski definition) is 3. The number of allylic oxidation sites excluding steroid dienone is 1. The first kappa shape index (κ1) is 11.8. The zero-order chi connectivity index (χ0) is 12.6. The molecule has 1 fully saturated rings. The van der Waals surface area contributed by atoms with Gasteiger partial charge >= 0.3 is 6.03 Å². The number of carbonyl (C=O) groups is 3. The summed E-state index contributed by atoms with van der Waals surface area (Å²) < 4.78 is 0. The topological polar surface area (TPSA) is 66.5 Å². The Hall–Kier alpha value is -1.65. The minimum absolute atomic E-state index is 0.125. The van der Waals surface area contributed by atoms with Crippen molar-refractivity contribution in [2.24, 2.45) is 5.41 Å². The maximum absolute atomic E-state index is 12.2. The minimum Gasteiger partial charge on any atom is -0.277 e. The van der Waals surface area contributed by atoms with Gasteiger partial charge in [-0.1, -0.05) is 12.2 Å². The molecule has 0 radical (unpaired) electrons. The van der Waals surface area contributed by atoms with Crippen LogP contribution in [-0.2, 0) is 9.59 Å². The zero-order valence-corrected chi connectivity index (χ0v) is 10.0. The number of hydrogen-bond donors (Lipinski definition) is 1. The van der Waals surface area contributed by atoms with E-state index in [0.717, 1.165) is 12.8 Å². The van der Waals surface area contributed by atoms with Gasteiger partial charge in [-0.2, -0.15) is 0 Å². The Balaban J connectivity index is 2.27. The van der Waals surface area contributed by atoms with Gasteiger partial charge < -0.3 is 0 Å². The van der Waals surface area contributed by atoms with E-state index >= 15 is 0 Å². The fourth-order valence-corrected chi connectivity index (χ4v) is 2.15. The Morgan fingerprint density at radius 1 is 1.29 bits per heavy atom. The maximum atomic E-state index is 12.2. The highest BCUT2D eigenvalue weighted by Crippen LogP contribution is 2.28. The molecule has 1 aliphatic heterocycles. The van der Waals surface area contributed by atoms with Crippen molar-refractivity contribution in [1.29, 1.82) is 0 Å². The van der Waals surface area contributed by atoms with Crippen molar-refractivity contribution in [3.05, 3.63) is 12.2 Å². The average molecular weight is 236 g/mol. The predicted molar refractivity (Wildman–Crippen MR) is 60.9 cm³/mol. The largest absolute Gasteiger partial charge is 0.331 e. The van der Waals surface area contributed by atoms with Crippen LogP contribution in [-0.4, -0.2) is 28.8 Å². The van der Waals surface area contributed by atoms with E-state index in [9.17, 15) is 14.4 Å². The Morgan fingerprint density at radius 2 is 2.00 bits per heavy atom. The number of rotatable bonds is 1. The maximum Gasteiger partial charge on any atom is 0.331 e. The van der Waals surface area contributed by atoms with Crippen LogP contribution in [0.25, 0.3) is 0 Å². The second-order valence-electron chi connectivity index (χ2n) is 5.00. The molecule has 2 aliphatic rings. The molecule has 4 amide bonds. The van der Waals surface area contributed by atoms with Crippen LogP contribution in [0.4, 0.5) is 4.79 Å². The number of imide groups is 2. The van der Waals surface area contributed by atoms with Gasteiger partial charge in [0.15, 0.2) is 0 Å². The number of carbonyl (C=O) groups excluding carboxylic acids is 3. The fourth-order valence-electron chi connectivity index (χ4n) is 2.15. The molecule has 0 aromatic heterocycles. The number of nitrogens with zero attached hydrogens (tertiary/aromatic N) is 1. The fraction of sp³-hybridized carbons (Fsp3) is 0.583. The summed E-state index contributed by atoms with van der Waals surface area (Å²) in [5, 5.41) is 2.25.